The van der Waals surface area contributed by atoms with Crippen LogP contribution < -0.4 is 0 Å². The summed E-state index contributed by atoms with van der Waals surface area (Å²) in [5.41, 5.74) is 0. The zero-order chi connectivity index (χ0) is 6.20. The first-order chi connectivity index (χ1) is 3.67. The molecule has 0 saturated carbocycles. The van der Waals surface area contributed by atoms with Crippen molar-refractivity contribution >= 4 is 0 Å². The van der Waals surface area contributed by atoms with Gasteiger partial charge in [0, 0.05) is 6.42 Å². The summed E-state index contributed by atoms with van der Waals surface area (Å²) in [4.78, 5) is 0. The molecule has 0 aliphatic carbocycles. The van der Waals surface area contributed by atoms with Gasteiger partial charge < -0.3 is 4.74 Å². The highest BCUT2D eigenvalue weighted by Gasteiger charge is 2.59. The van der Waals surface area contributed by atoms with Gasteiger partial charge >= 0.3 is 6.11 Å². The topological polar surface area (TPSA) is 12.5 Å². The molecule has 0 aromatic heterocycles. The molecule has 0 spiro atoms. The first-order valence-electron chi connectivity index (χ1n) is 2.28. The lowest BCUT2D eigenvalue weighted by atomic mass is 10.3. The molecule has 1 unspecified atom stereocenters. The Balaban J connectivity index is 2.17. The van der Waals surface area contributed by atoms with Gasteiger partial charge in [-0.15, -0.1) is 0 Å². The summed E-state index contributed by atoms with van der Waals surface area (Å²) >= 11 is 0. The van der Waals surface area contributed by atoms with E-state index in [2.05, 4.69) is 4.74 Å². The van der Waals surface area contributed by atoms with Crippen molar-refractivity contribution in [2.45, 2.75) is 18.6 Å². The molecule has 1 saturated heterocycles. The number of alkyl halides is 3. The number of hydrogen-bond acceptors (Lipinski definition) is 1. The van der Waals surface area contributed by atoms with Gasteiger partial charge in [0.2, 0.25) is 0 Å². The molecule has 4 heteroatoms. The van der Waals surface area contributed by atoms with Crippen LogP contribution in [-0.4, -0.2) is 18.9 Å². The van der Waals surface area contributed by atoms with E-state index in [1.807, 2.05) is 0 Å². The van der Waals surface area contributed by atoms with Gasteiger partial charge in [0.15, 0.2) is 6.10 Å². The highest BCUT2D eigenvalue weighted by atomic mass is 19.3. The van der Waals surface area contributed by atoms with Crippen molar-refractivity contribution < 1.29 is 17.9 Å². The fourth-order valence-corrected chi connectivity index (χ4v) is 0.482. The molecule has 1 atom stereocenters. The second kappa shape index (κ2) is 1.62. The molecule has 1 aliphatic rings. The van der Waals surface area contributed by atoms with E-state index in [1.165, 1.54) is 0 Å². The average molecular weight is 126 g/mol. The monoisotopic (exact) mass is 126 g/mol. The molecule has 0 aromatic rings. The van der Waals surface area contributed by atoms with Gasteiger partial charge in [-0.25, -0.2) is 0 Å². The van der Waals surface area contributed by atoms with E-state index in [4.69, 9.17) is 0 Å². The van der Waals surface area contributed by atoms with Gasteiger partial charge in [0.1, 0.15) is 0 Å². The molecule has 48 valence electrons. The number of rotatable bonds is 2. The third-order valence-electron chi connectivity index (χ3n) is 0.988. The van der Waals surface area contributed by atoms with E-state index in [-0.39, 0.29) is 6.42 Å². The lowest BCUT2D eigenvalue weighted by Crippen LogP contribution is -1.98. The molecule has 8 heavy (non-hydrogen) atoms. The van der Waals surface area contributed by atoms with E-state index in [0.717, 1.165) is 0 Å². The highest BCUT2D eigenvalue weighted by molar-refractivity contribution is 4.82. The number of ether oxygens (including phenoxy) is 1. The zero-order valence-corrected chi connectivity index (χ0v) is 4.03. The van der Waals surface area contributed by atoms with E-state index < -0.39 is 18.9 Å². The summed E-state index contributed by atoms with van der Waals surface area (Å²) in [5, 5.41) is 0. The Labute approximate surface area is 44.4 Å². The minimum absolute atomic E-state index is 0.188. The van der Waals surface area contributed by atoms with Crippen molar-refractivity contribution in [3.8, 4) is 0 Å². The van der Waals surface area contributed by atoms with E-state index in [9.17, 15) is 13.2 Å². The van der Waals surface area contributed by atoms with Gasteiger partial charge in [0.25, 0.3) is 0 Å². The molecule has 0 radical (unpaired) electrons. The Hall–Kier alpha value is -0.250. The molecule has 0 bridgehead atoms. The fourth-order valence-electron chi connectivity index (χ4n) is 0.482. The summed E-state index contributed by atoms with van der Waals surface area (Å²) in [7, 11) is 0. The summed E-state index contributed by atoms with van der Waals surface area (Å²) in [6.45, 7) is -0.736. The molecule has 1 fully saturated rings. The predicted octanol–water partition coefficient (Wildman–Crippen LogP) is 1.34. The molecule has 0 aromatic carbocycles. The minimum Gasteiger partial charge on any atom is -0.306 e. The largest absolute Gasteiger partial charge is 0.382 e. The van der Waals surface area contributed by atoms with Crippen LogP contribution in [0, 0.1) is 0 Å². The smallest absolute Gasteiger partial charge is 0.306 e. The average Bonchev–Trinajstić information content (AvgIpc) is 2.15. The second-order valence-corrected chi connectivity index (χ2v) is 1.65. The van der Waals surface area contributed by atoms with Crippen LogP contribution in [0.25, 0.3) is 0 Å². The SMILES string of the molecule is FCCC1OC1(F)F. The maximum absolute atomic E-state index is 11.6. The van der Waals surface area contributed by atoms with Crippen molar-refractivity contribution in [2.75, 3.05) is 6.67 Å². The van der Waals surface area contributed by atoms with Crippen molar-refractivity contribution in [1.29, 1.82) is 0 Å². The van der Waals surface area contributed by atoms with Crippen LogP contribution in [0.4, 0.5) is 13.2 Å². The molecular weight excluding hydrogens is 121 g/mol. The Bertz CT molecular complexity index is 93.3. The van der Waals surface area contributed by atoms with E-state index in [0.29, 0.717) is 0 Å². The molecular formula is C4H5F3O. The Morgan fingerprint density at radius 3 is 2.12 bits per heavy atom. The Kier molecular flexibility index (Phi) is 1.19. The van der Waals surface area contributed by atoms with Crippen molar-refractivity contribution in [3.05, 3.63) is 0 Å². The maximum atomic E-state index is 11.6. The lowest BCUT2D eigenvalue weighted by molar-refractivity contribution is 0.00131. The van der Waals surface area contributed by atoms with Gasteiger partial charge in [-0.2, -0.15) is 8.78 Å². The predicted molar refractivity (Wildman–Crippen MR) is 20.4 cm³/mol. The molecule has 1 nitrogen and oxygen atoms in total. The highest BCUT2D eigenvalue weighted by Crippen LogP contribution is 2.41. The maximum Gasteiger partial charge on any atom is 0.382 e. The van der Waals surface area contributed by atoms with Crippen LogP contribution in [0.5, 0.6) is 0 Å². The zero-order valence-electron chi connectivity index (χ0n) is 4.03. The second-order valence-electron chi connectivity index (χ2n) is 1.65. The molecule has 0 N–H and O–H groups in total. The van der Waals surface area contributed by atoms with Gasteiger partial charge in [0.05, 0.1) is 6.67 Å². The van der Waals surface area contributed by atoms with Crippen LogP contribution in [0.2, 0.25) is 0 Å². The minimum atomic E-state index is -3.02. The summed E-state index contributed by atoms with van der Waals surface area (Å²) in [6.07, 6.45) is -4.36. The third-order valence-corrected chi connectivity index (χ3v) is 0.988. The molecule has 0 amide bonds. The van der Waals surface area contributed by atoms with Gasteiger partial charge in [-0.3, -0.25) is 4.39 Å². The summed E-state index contributed by atoms with van der Waals surface area (Å²) in [5.74, 6) is 0. The van der Waals surface area contributed by atoms with E-state index >= 15 is 0 Å². The number of halogens is 3. The lowest BCUT2D eigenvalue weighted by Gasteiger charge is -1.82. The number of hydrogen-bond donors (Lipinski definition) is 0. The number of epoxide rings is 1. The van der Waals surface area contributed by atoms with Crippen molar-refractivity contribution in [3.63, 3.8) is 0 Å². The fraction of sp³-hybridized carbons (Fsp3) is 1.00. The van der Waals surface area contributed by atoms with Crippen molar-refractivity contribution in [2.24, 2.45) is 0 Å². The van der Waals surface area contributed by atoms with Crippen LogP contribution in [0.15, 0.2) is 0 Å². The molecule has 1 aliphatic heterocycles. The molecule has 1 heterocycles. The van der Waals surface area contributed by atoms with Crippen LogP contribution >= 0.6 is 0 Å². The summed E-state index contributed by atoms with van der Waals surface area (Å²) < 4.78 is 38.2. The van der Waals surface area contributed by atoms with Crippen molar-refractivity contribution in [1.82, 2.24) is 0 Å². The Morgan fingerprint density at radius 1 is 1.50 bits per heavy atom. The van der Waals surface area contributed by atoms with Gasteiger partial charge in [-0.05, 0) is 0 Å². The van der Waals surface area contributed by atoms with Crippen LogP contribution in [0.3, 0.4) is 0 Å². The summed E-state index contributed by atoms with van der Waals surface area (Å²) in [6, 6.07) is 0. The van der Waals surface area contributed by atoms with E-state index in [1.54, 1.807) is 0 Å². The first-order valence-corrected chi connectivity index (χ1v) is 2.28. The van der Waals surface area contributed by atoms with Crippen LogP contribution in [0.1, 0.15) is 6.42 Å². The van der Waals surface area contributed by atoms with Crippen LogP contribution in [-0.2, 0) is 4.74 Å². The quantitative estimate of drug-likeness (QED) is 0.508. The normalized spacial score (nSPS) is 32.6. The standard InChI is InChI=1S/C4H5F3O/c5-2-1-3-4(6,7)8-3/h3H,1-2H2. The third kappa shape index (κ3) is 0.940. The first kappa shape index (κ1) is 5.88. The van der Waals surface area contributed by atoms with Gasteiger partial charge in [-0.1, -0.05) is 0 Å². The molecule has 1 rings (SSSR count). The Morgan fingerprint density at radius 2 is 2.00 bits per heavy atom.